The Balaban J connectivity index is 1.75. The van der Waals surface area contributed by atoms with Crippen LogP contribution in [0.1, 0.15) is 65.7 Å². The van der Waals surface area contributed by atoms with Gasteiger partial charge in [0.15, 0.2) is 0 Å². The third kappa shape index (κ3) is 4.48. The van der Waals surface area contributed by atoms with E-state index in [1.165, 1.54) is 32.1 Å². The molecule has 2 fully saturated rings. The summed E-state index contributed by atoms with van der Waals surface area (Å²) < 4.78 is 0. The molecule has 3 nitrogen and oxygen atoms in total. The van der Waals surface area contributed by atoms with Crippen LogP contribution in [0, 0.1) is 11.8 Å². The van der Waals surface area contributed by atoms with Gasteiger partial charge in [0, 0.05) is 12.1 Å². The first-order valence-electron chi connectivity index (χ1n) is 8.11. The van der Waals surface area contributed by atoms with Crippen molar-refractivity contribution in [3.05, 3.63) is 0 Å². The van der Waals surface area contributed by atoms with Crippen molar-refractivity contribution in [3.63, 3.8) is 0 Å². The number of amides is 1. The SMILES string of the molecule is CC1CC(C)CC(NC(C)C(=O)NC2CCCC2)C1. The van der Waals surface area contributed by atoms with Gasteiger partial charge >= 0.3 is 0 Å². The van der Waals surface area contributed by atoms with Gasteiger partial charge in [0.05, 0.1) is 6.04 Å². The van der Waals surface area contributed by atoms with Gasteiger partial charge in [0.2, 0.25) is 5.91 Å². The summed E-state index contributed by atoms with van der Waals surface area (Å²) in [6, 6.07) is 0.895. The Morgan fingerprint density at radius 1 is 1.00 bits per heavy atom. The zero-order chi connectivity index (χ0) is 13.8. The topological polar surface area (TPSA) is 41.1 Å². The molecule has 1 amide bonds. The highest BCUT2D eigenvalue weighted by molar-refractivity contribution is 5.81. The average molecular weight is 266 g/mol. The van der Waals surface area contributed by atoms with E-state index >= 15 is 0 Å². The van der Waals surface area contributed by atoms with E-state index in [2.05, 4.69) is 24.5 Å². The fourth-order valence-electron chi connectivity index (χ4n) is 3.91. The normalized spacial score (nSPS) is 34.2. The second kappa shape index (κ2) is 6.74. The average Bonchev–Trinajstić information content (AvgIpc) is 2.80. The van der Waals surface area contributed by atoms with Gasteiger partial charge in [-0.05, 0) is 50.9 Å². The zero-order valence-electron chi connectivity index (χ0n) is 12.7. The maximum Gasteiger partial charge on any atom is 0.237 e. The zero-order valence-corrected chi connectivity index (χ0v) is 12.7. The molecule has 2 saturated carbocycles. The molecule has 0 radical (unpaired) electrons. The van der Waals surface area contributed by atoms with Crippen LogP contribution in [-0.2, 0) is 4.79 Å². The van der Waals surface area contributed by atoms with Gasteiger partial charge in [-0.3, -0.25) is 4.79 Å². The van der Waals surface area contributed by atoms with Crippen LogP contribution in [0.5, 0.6) is 0 Å². The van der Waals surface area contributed by atoms with Crippen molar-refractivity contribution >= 4 is 5.91 Å². The van der Waals surface area contributed by atoms with E-state index in [4.69, 9.17) is 0 Å². The third-order valence-corrected chi connectivity index (χ3v) is 4.76. The Morgan fingerprint density at radius 2 is 1.58 bits per heavy atom. The molecule has 0 aromatic heterocycles. The number of carbonyl (C=O) groups is 1. The summed E-state index contributed by atoms with van der Waals surface area (Å²) in [6.07, 6.45) is 8.62. The number of hydrogen-bond acceptors (Lipinski definition) is 2. The minimum Gasteiger partial charge on any atom is -0.352 e. The number of nitrogens with one attached hydrogen (secondary N) is 2. The van der Waals surface area contributed by atoms with Crippen LogP contribution in [-0.4, -0.2) is 24.0 Å². The summed E-state index contributed by atoms with van der Waals surface area (Å²) in [6.45, 7) is 6.66. The van der Waals surface area contributed by atoms with Crippen LogP contribution >= 0.6 is 0 Å². The van der Waals surface area contributed by atoms with E-state index in [0.29, 0.717) is 12.1 Å². The van der Waals surface area contributed by atoms with Gasteiger partial charge in [-0.1, -0.05) is 26.7 Å². The second-order valence-electron chi connectivity index (χ2n) is 6.99. The third-order valence-electron chi connectivity index (χ3n) is 4.76. The standard InChI is InChI=1S/C16H30N2O/c1-11-8-12(2)10-15(9-11)17-13(3)16(19)18-14-6-4-5-7-14/h11-15,17H,4-10H2,1-3H3,(H,18,19). The van der Waals surface area contributed by atoms with Crippen LogP contribution < -0.4 is 10.6 Å². The maximum absolute atomic E-state index is 12.2. The Bertz CT molecular complexity index is 289. The van der Waals surface area contributed by atoms with E-state index in [0.717, 1.165) is 24.7 Å². The fourth-order valence-corrected chi connectivity index (χ4v) is 3.91. The van der Waals surface area contributed by atoms with Gasteiger partial charge in [-0.25, -0.2) is 0 Å². The van der Waals surface area contributed by atoms with Gasteiger partial charge in [-0.2, -0.15) is 0 Å². The van der Waals surface area contributed by atoms with E-state index in [1.54, 1.807) is 0 Å². The molecule has 0 heterocycles. The molecule has 2 aliphatic rings. The predicted octanol–water partition coefficient (Wildman–Crippen LogP) is 2.85. The van der Waals surface area contributed by atoms with Crippen LogP contribution in [0.4, 0.5) is 0 Å². The van der Waals surface area contributed by atoms with Gasteiger partial charge in [0.25, 0.3) is 0 Å². The first-order chi connectivity index (χ1) is 9.04. The van der Waals surface area contributed by atoms with Gasteiger partial charge < -0.3 is 10.6 Å². The van der Waals surface area contributed by atoms with Crippen molar-refractivity contribution in [2.24, 2.45) is 11.8 Å². The molecule has 0 bridgehead atoms. The molecule has 3 heteroatoms. The summed E-state index contributed by atoms with van der Waals surface area (Å²) in [7, 11) is 0. The highest BCUT2D eigenvalue weighted by Crippen LogP contribution is 2.28. The predicted molar refractivity (Wildman–Crippen MR) is 79.0 cm³/mol. The molecule has 19 heavy (non-hydrogen) atoms. The molecule has 0 spiro atoms. The first-order valence-corrected chi connectivity index (χ1v) is 8.11. The molecule has 0 aromatic carbocycles. The number of hydrogen-bond donors (Lipinski definition) is 2. The molecular formula is C16H30N2O. The summed E-state index contributed by atoms with van der Waals surface area (Å²) in [5.74, 6) is 1.76. The minimum atomic E-state index is -0.0527. The number of rotatable bonds is 4. The lowest BCUT2D eigenvalue weighted by atomic mass is 9.80. The Morgan fingerprint density at radius 3 is 2.16 bits per heavy atom. The van der Waals surface area contributed by atoms with Crippen molar-refractivity contribution in [2.75, 3.05) is 0 Å². The largest absolute Gasteiger partial charge is 0.352 e. The molecule has 2 N–H and O–H groups in total. The van der Waals surface area contributed by atoms with Crippen molar-refractivity contribution in [3.8, 4) is 0 Å². The fraction of sp³-hybridized carbons (Fsp3) is 0.938. The Labute approximate surface area is 117 Å². The Kier molecular flexibility index (Phi) is 5.26. The van der Waals surface area contributed by atoms with Crippen molar-refractivity contribution < 1.29 is 4.79 Å². The second-order valence-corrected chi connectivity index (χ2v) is 6.99. The summed E-state index contributed by atoms with van der Waals surface area (Å²) in [5.41, 5.74) is 0. The van der Waals surface area contributed by atoms with Crippen LogP contribution in [0.2, 0.25) is 0 Å². The molecule has 3 unspecified atom stereocenters. The highest BCUT2D eigenvalue weighted by Gasteiger charge is 2.27. The maximum atomic E-state index is 12.2. The molecule has 0 saturated heterocycles. The lowest BCUT2D eigenvalue weighted by Crippen LogP contribution is -2.50. The van der Waals surface area contributed by atoms with E-state index in [-0.39, 0.29) is 11.9 Å². The smallest absolute Gasteiger partial charge is 0.237 e. The van der Waals surface area contributed by atoms with Crippen LogP contribution in [0.25, 0.3) is 0 Å². The summed E-state index contributed by atoms with van der Waals surface area (Å²) in [4.78, 5) is 12.2. The molecule has 0 aliphatic heterocycles. The van der Waals surface area contributed by atoms with E-state index < -0.39 is 0 Å². The summed E-state index contributed by atoms with van der Waals surface area (Å²) >= 11 is 0. The van der Waals surface area contributed by atoms with E-state index in [1.807, 2.05) is 6.92 Å². The van der Waals surface area contributed by atoms with Gasteiger partial charge in [-0.15, -0.1) is 0 Å². The van der Waals surface area contributed by atoms with Crippen molar-refractivity contribution in [2.45, 2.75) is 83.8 Å². The van der Waals surface area contributed by atoms with Gasteiger partial charge in [0.1, 0.15) is 0 Å². The molecule has 3 atom stereocenters. The lowest BCUT2D eigenvalue weighted by Gasteiger charge is -2.33. The van der Waals surface area contributed by atoms with Crippen LogP contribution in [0.3, 0.4) is 0 Å². The molecule has 0 aromatic rings. The first kappa shape index (κ1) is 14.8. The van der Waals surface area contributed by atoms with E-state index in [9.17, 15) is 4.79 Å². The Hall–Kier alpha value is -0.570. The van der Waals surface area contributed by atoms with Crippen molar-refractivity contribution in [1.82, 2.24) is 10.6 Å². The summed E-state index contributed by atoms with van der Waals surface area (Å²) in [5, 5.41) is 6.73. The highest BCUT2D eigenvalue weighted by atomic mass is 16.2. The lowest BCUT2D eigenvalue weighted by molar-refractivity contribution is -0.123. The van der Waals surface area contributed by atoms with Crippen molar-refractivity contribution in [1.29, 1.82) is 0 Å². The molecular weight excluding hydrogens is 236 g/mol. The quantitative estimate of drug-likeness (QED) is 0.821. The molecule has 2 aliphatic carbocycles. The molecule has 110 valence electrons. The number of carbonyl (C=O) groups excluding carboxylic acids is 1. The molecule has 2 rings (SSSR count). The monoisotopic (exact) mass is 266 g/mol. The van der Waals surface area contributed by atoms with Crippen LogP contribution in [0.15, 0.2) is 0 Å². The minimum absolute atomic E-state index is 0.0527.